The van der Waals surface area contributed by atoms with Crippen molar-refractivity contribution in [3.63, 3.8) is 0 Å². The van der Waals surface area contributed by atoms with Gasteiger partial charge in [-0.05, 0) is 30.7 Å². The number of hydrogen-bond acceptors (Lipinski definition) is 5. The van der Waals surface area contributed by atoms with Crippen LogP contribution in [0.15, 0.2) is 53.3 Å². The molecule has 9 nitrogen and oxygen atoms in total. The molecule has 4 rings (SSSR count). The molecule has 1 aliphatic heterocycles. The Morgan fingerprint density at radius 3 is 2.47 bits per heavy atom. The largest absolute Gasteiger partial charge is 0.351 e. The minimum absolute atomic E-state index is 0.00582. The van der Waals surface area contributed by atoms with Gasteiger partial charge in [0.15, 0.2) is 0 Å². The van der Waals surface area contributed by atoms with E-state index in [-0.39, 0.29) is 23.5 Å². The van der Waals surface area contributed by atoms with Crippen molar-refractivity contribution in [2.24, 2.45) is 0 Å². The fourth-order valence-electron chi connectivity index (χ4n) is 3.89. The number of aromatic nitrogens is 2. The number of rotatable bonds is 7. The van der Waals surface area contributed by atoms with Crippen LogP contribution in [0, 0.1) is 0 Å². The highest BCUT2D eigenvalue weighted by Crippen LogP contribution is 2.16. The molecule has 1 atom stereocenters. The maximum atomic E-state index is 12.7. The average molecular weight is 437 g/mol. The zero-order chi connectivity index (χ0) is 22.5. The number of imidazole rings is 1. The van der Waals surface area contributed by atoms with Gasteiger partial charge in [-0.3, -0.25) is 19.4 Å². The lowest BCUT2D eigenvalue weighted by Crippen LogP contribution is -2.54. The topological polar surface area (TPSA) is 113 Å². The second-order valence-corrected chi connectivity index (χ2v) is 8.08. The summed E-state index contributed by atoms with van der Waals surface area (Å²) in [4.78, 5) is 46.0. The first-order chi connectivity index (χ1) is 15.5. The second kappa shape index (κ2) is 9.80. The zero-order valence-corrected chi connectivity index (χ0v) is 18.1. The Morgan fingerprint density at radius 2 is 1.72 bits per heavy atom. The zero-order valence-electron chi connectivity index (χ0n) is 18.1. The number of piperazine rings is 1. The van der Waals surface area contributed by atoms with Gasteiger partial charge >= 0.3 is 5.69 Å². The molecule has 0 aliphatic carbocycles. The average Bonchev–Trinajstić information content (AvgIpc) is 3.17. The van der Waals surface area contributed by atoms with E-state index in [2.05, 4.69) is 30.4 Å². The highest BCUT2D eigenvalue weighted by Gasteiger charge is 2.26. The van der Waals surface area contributed by atoms with Gasteiger partial charge in [-0.2, -0.15) is 0 Å². The van der Waals surface area contributed by atoms with Gasteiger partial charge in [0.05, 0.1) is 23.6 Å². The first-order valence-electron chi connectivity index (χ1n) is 10.8. The van der Waals surface area contributed by atoms with Crippen molar-refractivity contribution < 1.29 is 9.59 Å². The van der Waals surface area contributed by atoms with Gasteiger partial charge in [-0.1, -0.05) is 30.3 Å². The number of hydrogen-bond donors (Lipinski definition) is 4. The van der Waals surface area contributed by atoms with Gasteiger partial charge in [0.1, 0.15) is 0 Å². The lowest BCUT2D eigenvalue weighted by atomic mass is 10.2. The molecule has 0 saturated carbocycles. The quantitative estimate of drug-likeness (QED) is 0.443. The molecule has 0 bridgehead atoms. The van der Waals surface area contributed by atoms with Crippen molar-refractivity contribution in [3.8, 4) is 0 Å². The van der Waals surface area contributed by atoms with Gasteiger partial charge in [0, 0.05) is 38.4 Å². The Hall–Kier alpha value is -3.43. The maximum Gasteiger partial charge on any atom is 0.323 e. The van der Waals surface area contributed by atoms with Crippen LogP contribution >= 0.6 is 0 Å². The molecule has 1 unspecified atom stereocenters. The van der Waals surface area contributed by atoms with Crippen molar-refractivity contribution in [1.29, 1.82) is 0 Å². The van der Waals surface area contributed by atoms with Crippen LogP contribution in [0.2, 0.25) is 0 Å². The van der Waals surface area contributed by atoms with Gasteiger partial charge < -0.3 is 20.6 Å². The first-order valence-corrected chi connectivity index (χ1v) is 10.8. The van der Waals surface area contributed by atoms with E-state index < -0.39 is 0 Å². The van der Waals surface area contributed by atoms with E-state index in [0.29, 0.717) is 42.9 Å². The van der Waals surface area contributed by atoms with E-state index in [1.807, 2.05) is 37.3 Å². The summed E-state index contributed by atoms with van der Waals surface area (Å²) < 4.78 is 0. The molecule has 2 amide bonds. The van der Waals surface area contributed by atoms with Gasteiger partial charge in [0.25, 0.3) is 0 Å². The Labute approximate surface area is 185 Å². The predicted molar refractivity (Wildman–Crippen MR) is 123 cm³/mol. The summed E-state index contributed by atoms with van der Waals surface area (Å²) in [7, 11) is 0. The number of fused-ring (bicyclic) bond motifs is 1. The molecule has 2 aromatic carbocycles. The summed E-state index contributed by atoms with van der Waals surface area (Å²) in [5, 5.41) is 5.88. The van der Waals surface area contributed by atoms with Crippen LogP contribution in [0.1, 0.15) is 12.5 Å². The molecular formula is C23H28N6O3. The van der Waals surface area contributed by atoms with Crippen LogP contribution in [0.25, 0.3) is 11.0 Å². The van der Waals surface area contributed by atoms with E-state index in [4.69, 9.17) is 0 Å². The maximum absolute atomic E-state index is 12.7. The van der Waals surface area contributed by atoms with E-state index >= 15 is 0 Å². The van der Waals surface area contributed by atoms with Crippen molar-refractivity contribution in [3.05, 3.63) is 64.6 Å². The number of carbonyl (C=O) groups excluding carboxylic acids is 2. The summed E-state index contributed by atoms with van der Waals surface area (Å²) in [6, 6.07) is 14.8. The van der Waals surface area contributed by atoms with Crippen LogP contribution in [-0.4, -0.2) is 70.3 Å². The summed E-state index contributed by atoms with van der Waals surface area (Å²) in [6.45, 7) is 5.65. The minimum atomic E-state index is -0.301. The molecule has 2 heterocycles. The van der Waals surface area contributed by atoms with Gasteiger partial charge in [-0.15, -0.1) is 0 Å². The van der Waals surface area contributed by atoms with Crippen LogP contribution in [0.4, 0.5) is 5.69 Å². The van der Waals surface area contributed by atoms with Gasteiger partial charge in [0.2, 0.25) is 11.8 Å². The molecule has 32 heavy (non-hydrogen) atoms. The summed E-state index contributed by atoms with van der Waals surface area (Å²) in [6.07, 6.45) is 0. The van der Waals surface area contributed by atoms with Crippen LogP contribution in [0.5, 0.6) is 0 Å². The molecule has 1 aliphatic rings. The highest BCUT2D eigenvalue weighted by molar-refractivity contribution is 5.96. The molecule has 1 fully saturated rings. The lowest BCUT2D eigenvalue weighted by molar-refractivity contribution is -0.124. The van der Waals surface area contributed by atoms with E-state index in [1.54, 1.807) is 18.2 Å². The fourth-order valence-corrected chi connectivity index (χ4v) is 3.89. The molecule has 1 aromatic heterocycles. The van der Waals surface area contributed by atoms with Gasteiger partial charge in [-0.25, -0.2) is 4.79 Å². The summed E-state index contributed by atoms with van der Waals surface area (Å²) in [5.74, 6) is -0.0948. The molecule has 4 N–H and O–H groups in total. The standard InChI is InChI=1S/C23H28N6O3/c1-16(22(31)25-18-7-8-19-20(13-18)27-23(32)26-19)29-11-9-28(10-12-29)15-21(30)24-14-17-5-3-2-4-6-17/h2-8,13,16H,9-12,14-15H2,1H3,(H,24,30)(H,25,31)(H2,26,27,32). The molecule has 168 valence electrons. The Morgan fingerprint density at radius 1 is 1.00 bits per heavy atom. The normalized spacial score (nSPS) is 16.0. The molecule has 0 spiro atoms. The number of amides is 2. The molecular weight excluding hydrogens is 408 g/mol. The predicted octanol–water partition coefficient (Wildman–Crippen LogP) is 1.12. The third-order valence-corrected chi connectivity index (χ3v) is 5.82. The monoisotopic (exact) mass is 436 g/mol. The van der Waals surface area contributed by atoms with Crippen LogP contribution in [0.3, 0.4) is 0 Å². The van der Waals surface area contributed by atoms with Crippen molar-refractivity contribution >= 4 is 28.5 Å². The number of aromatic amines is 2. The Bertz CT molecular complexity index is 1130. The Kier molecular flexibility index (Phi) is 6.67. The third kappa shape index (κ3) is 5.43. The smallest absolute Gasteiger partial charge is 0.323 e. The third-order valence-electron chi connectivity index (χ3n) is 5.82. The Balaban J connectivity index is 1.22. The number of nitrogens with zero attached hydrogens (tertiary/aromatic N) is 2. The van der Waals surface area contributed by atoms with Crippen LogP contribution < -0.4 is 16.3 Å². The van der Waals surface area contributed by atoms with Crippen LogP contribution in [-0.2, 0) is 16.1 Å². The molecule has 3 aromatic rings. The summed E-state index contributed by atoms with van der Waals surface area (Å²) >= 11 is 0. The van der Waals surface area contributed by atoms with Crippen molar-refractivity contribution in [2.45, 2.75) is 19.5 Å². The number of H-pyrrole nitrogens is 2. The SMILES string of the molecule is CC(C(=O)Nc1ccc2[nH]c(=O)[nH]c2c1)N1CCN(CC(=O)NCc2ccccc2)CC1. The first kappa shape index (κ1) is 21.8. The van der Waals surface area contributed by atoms with Crippen molar-refractivity contribution in [1.82, 2.24) is 25.1 Å². The molecule has 9 heteroatoms. The fraction of sp³-hybridized carbons (Fsp3) is 0.348. The number of carbonyl (C=O) groups is 2. The highest BCUT2D eigenvalue weighted by atomic mass is 16.2. The van der Waals surface area contributed by atoms with Crippen molar-refractivity contribution in [2.75, 3.05) is 38.0 Å². The summed E-state index contributed by atoms with van der Waals surface area (Å²) in [5.41, 5.74) is 2.79. The van der Waals surface area contributed by atoms with E-state index in [9.17, 15) is 14.4 Å². The molecule has 1 saturated heterocycles. The number of nitrogens with one attached hydrogen (secondary N) is 4. The van der Waals surface area contributed by atoms with E-state index in [0.717, 1.165) is 18.7 Å². The number of benzene rings is 2. The number of anilines is 1. The second-order valence-electron chi connectivity index (χ2n) is 8.08. The minimum Gasteiger partial charge on any atom is -0.351 e. The lowest BCUT2D eigenvalue weighted by Gasteiger charge is -2.37. The van der Waals surface area contributed by atoms with E-state index in [1.165, 1.54) is 0 Å². The molecule has 0 radical (unpaired) electrons.